The molecule has 0 aliphatic heterocycles. The summed E-state index contributed by atoms with van der Waals surface area (Å²) in [7, 11) is 0. The Labute approximate surface area is 173 Å². The van der Waals surface area contributed by atoms with Crippen molar-refractivity contribution in [3.05, 3.63) is 59.9 Å². The highest BCUT2D eigenvalue weighted by atomic mass is 19.4. The number of hydrogen-bond donors (Lipinski definition) is 1. The molecule has 158 valence electrons. The van der Waals surface area contributed by atoms with E-state index in [0.717, 1.165) is 25.1 Å². The molecule has 0 atom stereocenters. The quantitative estimate of drug-likeness (QED) is 0.537. The molecule has 5 rings (SSSR count). The summed E-state index contributed by atoms with van der Waals surface area (Å²) in [6.07, 6.45) is 2.56. The Morgan fingerprint density at radius 1 is 1.16 bits per heavy atom. The molecule has 31 heavy (non-hydrogen) atoms. The van der Waals surface area contributed by atoms with Crippen molar-refractivity contribution in [2.24, 2.45) is 0 Å². The van der Waals surface area contributed by atoms with Crippen LogP contribution in [-0.4, -0.2) is 41.2 Å². The Bertz CT molecular complexity index is 1300. The minimum absolute atomic E-state index is 0.0186. The van der Waals surface area contributed by atoms with Gasteiger partial charge in [0.1, 0.15) is 5.52 Å². The molecule has 11 heteroatoms. The second-order valence-corrected chi connectivity index (χ2v) is 7.41. The predicted molar refractivity (Wildman–Crippen MR) is 105 cm³/mol. The molecular formula is C20H16F3N7O. The van der Waals surface area contributed by atoms with Crippen LogP contribution in [0.15, 0.2) is 43.1 Å². The molecule has 4 heterocycles. The zero-order chi connectivity index (χ0) is 21.8. The van der Waals surface area contributed by atoms with E-state index in [9.17, 15) is 18.0 Å². The monoisotopic (exact) mass is 427 g/mol. The highest BCUT2D eigenvalue weighted by Gasteiger charge is 2.34. The molecule has 0 unspecified atom stereocenters. The van der Waals surface area contributed by atoms with Crippen LogP contribution >= 0.6 is 0 Å². The molecule has 0 bridgehead atoms. The minimum atomic E-state index is -4.45. The van der Waals surface area contributed by atoms with Crippen molar-refractivity contribution < 1.29 is 18.0 Å². The van der Waals surface area contributed by atoms with Gasteiger partial charge in [-0.2, -0.15) is 13.2 Å². The summed E-state index contributed by atoms with van der Waals surface area (Å²) in [5, 5.41) is 0. The third-order valence-electron chi connectivity index (χ3n) is 5.21. The topological polar surface area (TPSA) is 102 Å². The number of amides is 1. The molecule has 4 aromatic heterocycles. The molecule has 8 nitrogen and oxygen atoms in total. The summed E-state index contributed by atoms with van der Waals surface area (Å²) in [5.41, 5.74) is 7.38. The number of nitrogens with two attached hydrogens (primary N) is 1. The SMILES string of the molecule is Nc1nc2ncc(C(=O)N(Cc3ccc(C(F)(F)F)cn3)C3CC3)cc2n2cncc12. The summed E-state index contributed by atoms with van der Waals surface area (Å²) >= 11 is 0. The van der Waals surface area contributed by atoms with E-state index in [2.05, 4.69) is 19.9 Å². The summed E-state index contributed by atoms with van der Waals surface area (Å²) in [6.45, 7) is 0.111. The average molecular weight is 427 g/mol. The molecule has 0 spiro atoms. The maximum atomic E-state index is 13.3. The molecule has 1 aliphatic carbocycles. The zero-order valence-electron chi connectivity index (χ0n) is 16.0. The van der Waals surface area contributed by atoms with Crippen molar-refractivity contribution in [2.45, 2.75) is 31.6 Å². The van der Waals surface area contributed by atoms with E-state index in [1.54, 1.807) is 27.9 Å². The molecule has 1 saturated carbocycles. The first-order valence-corrected chi connectivity index (χ1v) is 9.51. The van der Waals surface area contributed by atoms with Crippen LogP contribution in [0.3, 0.4) is 0 Å². The number of nitrogen functional groups attached to an aromatic ring is 1. The van der Waals surface area contributed by atoms with Crippen LogP contribution in [0.2, 0.25) is 0 Å². The standard InChI is InChI=1S/C20H16F3N7O/c21-20(22,23)12-1-2-13(26-7-12)9-29(14-3-4-14)19(31)11-5-15-18(27-6-11)28-17(24)16-8-25-10-30(15)16/h1-2,5-8,10,14H,3-4,9H2,(H2,24,27,28). The van der Waals surface area contributed by atoms with Gasteiger partial charge in [0, 0.05) is 18.4 Å². The fourth-order valence-electron chi connectivity index (χ4n) is 3.45. The number of rotatable bonds is 4. The largest absolute Gasteiger partial charge is 0.417 e. The number of imidazole rings is 1. The highest BCUT2D eigenvalue weighted by Crippen LogP contribution is 2.31. The second-order valence-electron chi connectivity index (χ2n) is 7.41. The lowest BCUT2D eigenvalue weighted by molar-refractivity contribution is -0.137. The van der Waals surface area contributed by atoms with Gasteiger partial charge >= 0.3 is 6.18 Å². The van der Waals surface area contributed by atoms with E-state index >= 15 is 0 Å². The molecule has 0 radical (unpaired) electrons. The number of anilines is 1. The lowest BCUT2D eigenvalue weighted by Crippen LogP contribution is -2.33. The van der Waals surface area contributed by atoms with Gasteiger partial charge in [-0.05, 0) is 31.0 Å². The van der Waals surface area contributed by atoms with Gasteiger partial charge in [0.25, 0.3) is 5.91 Å². The fourth-order valence-corrected chi connectivity index (χ4v) is 3.45. The number of fused-ring (bicyclic) bond motifs is 3. The lowest BCUT2D eigenvalue weighted by atomic mass is 10.2. The number of pyridine rings is 2. The Morgan fingerprint density at radius 2 is 1.97 bits per heavy atom. The van der Waals surface area contributed by atoms with E-state index in [0.29, 0.717) is 27.9 Å². The van der Waals surface area contributed by atoms with Crippen LogP contribution in [0.4, 0.5) is 19.0 Å². The van der Waals surface area contributed by atoms with Crippen molar-refractivity contribution in [1.29, 1.82) is 0 Å². The van der Waals surface area contributed by atoms with Crippen molar-refractivity contribution in [2.75, 3.05) is 5.73 Å². The number of aromatic nitrogens is 5. The van der Waals surface area contributed by atoms with Gasteiger partial charge in [-0.3, -0.25) is 14.2 Å². The van der Waals surface area contributed by atoms with Crippen LogP contribution in [0.25, 0.3) is 16.7 Å². The van der Waals surface area contributed by atoms with Crippen LogP contribution in [0.5, 0.6) is 0 Å². The molecule has 2 N–H and O–H groups in total. The molecule has 4 aromatic rings. The first-order valence-electron chi connectivity index (χ1n) is 9.51. The maximum absolute atomic E-state index is 13.3. The normalized spacial score (nSPS) is 14.3. The van der Waals surface area contributed by atoms with E-state index in [1.165, 1.54) is 12.3 Å². The molecule has 1 amide bonds. The number of alkyl halides is 3. The van der Waals surface area contributed by atoms with Gasteiger partial charge in [-0.25, -0.2) is 15.0 Å². The second kappa shape index (κ2) is 6.89. The Hall–Kier alpha value is -3.76. The van der Waals surface area contributed by atoms with Gasteiger partial charge in [0.2, 0.25) is 0 Å². The molecule has 1 aliphatic rings. The van der Waals surface area contributed by atoms with Crippen molar-refractivity contribution in [1.82, 2.24) is 29.2 Å². The maximum Gasteiger partial charge on any atom is 0.417 e. The van der Waals surface area contributed by atoms with Crippen molar-refractivity contribution in [3.63, 3.8) is 0 Å². The lowest BCUT2D eigenvalue weighted by Gasteiger charge is -2.22. The Balaban J connectivity index is 1.47. The fraction of sp³-hybridized carbons (Fsp3) is 0.250. The van der Waals surface area contributed by atoms with E-state index in [1.807, 2.05) is 0 Å². The zero-order valence-corrected chi connectivity index (χ0v) is 16.0. The summed E-state index contributed by atoms with van der Waals surface area (Å²) in [5.74, 6) is 0.00764. The van der Waals surface area contributed by atoms with Gasteiger partial charge in [-0.1, -0.05) is 0 Å². The number of carbonyl (C=O) groups excluding carboxylic acids is 1. The highest BCUT2D eigenvalue weighted by molar-refractivity contribution is 5.97. The van der Waals surface area contributed by atoms with Gasteiger partial charge in [-0.15, -0.1) is 0 Å². The first kappa shape index (κ1) is 19.2. The summed E-state index contributed by atoms with van der Waals surface area (Å²) in [4.78, 5) is 31.4. The van der Waals surface area contributed by atoms with Crippen LogP contribution < -0.4 is 5.73 Å². The van der Waals surface area contributed by atoms with Crippen molar-refractivity contribution in [3.8, 4) is 0 Å². The Morgan fingerprint density at radius 3 is 2.65 bits per heavy atom. The Kier molecular flexibility index (Phi) is 4.27. The third kappa shape index (κ3) is 3.51. The summed E-state index contributed by atoms with van der Waals surface area (Å²) in [6, 6.07) is 3.96. The van der Waals surface area contributed by atoms with Crippen LogP contribution in [0.1, 0.15) is 34.5 Å². The number of nitrogens with zero attached hydrogens (tertiary/aromatic N) is 6. The molecule has 0 aromatic carbocycles. The summed E-state index contributed by atoms with van der Waals surface area (Å²) < 4.78 is 40.0. The van der Waals surface area contributed by atoms with Crippen LogP contribution in [-0.2, 0) is 12.7 Å². The number of halogens is 3. The average Bonchev–Trinajstić information content (AvgIpc) is 3.46. The van der Waals surface area contributed by atoms with Gasteiger partial charge in [0.05, 0.1) is 41.4 Å². The van der Waals surface area contributed by atoms with Crippen molar-refractivity contribution >= 4 is 28.4 Å². The van der Waals surface area contributed by atoms with Gasteiger partial charge < -0.3 is 10.6 Å². The predicted octanol–water partition coefficient (Wildman–Crippen LogP) is 3.08. The first-order chi connectivity index (χ1) is 14.8. The van der Waals surface area contributed by atoms with E-state index < -0.39 is 11.7 Å². The smallest absolute Gasteiger partial charge is 0.382 e. The molecule has 1 fully saturated rings. The number of carbonyl (C=O) groups is 1. The van der Waals surface area contributed by atoms with Gasteiger partial charge in [0.15, 0.2) is 11.5 Å². The molecule has 0 saturated heterocycles. The van der Waals surface area contributed by atoms with E-state index in [-0.39, 0.29) is 24.3 Å². The molecular weight excluding hydrogens is 411 g/mol. The third-order valence-corrected chi connectivity index (χ3v) is 5.21. The van der Waals surface area contributed by atoms with Crippen LogP contribution in [0, 0.1) is 0 Å². The number of hydrogen-bond acceptors (Lipinski definition) is 6. The minimum Gasteiger partial charge on any atom is -0.382 e. The van der Waals surface area contributed by atoms with E-state index in [4.69, 9.17) is 5.73 Å².